The maximum atomic E-state index is 13.0. The van der Waals surface area contributed by atoms with Crippen molar-refractivity contribution in [3.8, 4) is 0 Å². The predicted molar refractivity (Wildman–Crippen MR) is 89.8 cm³/mol. The predicted octanol–water partition coefficient (Wildman–Crippen LogP) is -0.196. The van der Waals surface area contributed by atoms with Crippen LogP contribution in [0.1, 0.15) is 17.4 Å². The molecular weight excluding hydrogens is 344 g/mol. The van der Waals surface area contributed by atoms with Gasteiger partial charge >= 0.3 is 0 Å². The molecule has 2 aliphatic rings. The third-order valence-electron chi connectivity index (χ3n) is 4.92. The van der Waals surface area contributed by atoms with Gasteiger partial charge in [-0.25, -0.2) is 13.4 Å². The second kappa shape index (κ2) is 5.55. The van der Waals surface area contributed by atoms with Crippen LogP contribution in [0, 0.1) is 0 Å². The van der Waals surface area contributed by atoms with Crippen LogP contribution in [0.25, 0.3) is 5.65 Å². The maximum Gasteiger partial charge on any atom is 0.274 e. The summed E-state index contributed by atoms with van der Waals surface area (Å²) in [5.74, 6) is -0.654. The number of pyridine rings is 1. The van der Waals surface area contributed by atoms with Crippen molar-refractivity contribution < 1.29 is 18.0 Å². The average Bonchev–Trinajstić information content (AvgIpc) is 3.12. The molecule has 0 aromatic carbocycles. The molecule has 0 bridgehead atoms. The molecule has 4 heterocycles. The van der Waals surface area contributed by atoms with Crippen LogP contribution in [0.5, 0.6) is 0 Å². The Morgan fingerprint density at radius 1 is 1.12 bits per heavy atom. The molecule has 2 amide bonds. The molecule has 2 atom stereocenters. The Labute approximate surface area is 145 Å². The fourth-order valence-corrected chi connectivity index (χ4v) is 5.76. The van der Waals surface area contributed by atoms with Crippen molar-refractivity contribution in [1.29, 1.82) is 0 Å². The molecule has 2 aliphatic heterocycles. The van der Waals surface area contributed by atoms with E-state index in [4.69, 9.17) is 0 Å². The lowest BCUT2D eigenvalue weighted by atomic mass is 10.0. The second-order valence-corrected chi connectivity index (χ2v) is 8.67. The number of nitrogens with zero attached hydrogens (tertiary/aromatic N) is 4. The lowest BCUT2D eigenvalue weighted by Gasteiger charge is -2.43. The molecule has 25 heavy (non-hydrogen) atoms. The Balaban J connectivity index is 1.67. The first-order valence-electron chi connectivity index (χ1n) is 8.08. The van der Waals surface area contributed by atoms with Crippen LogP contribution in [-0.4, -0.2) is 76.1 Å². The van der Waals surface area contributed by atoms with Gasteiger partial charge in [-0.05, 0) is 12.1 Å². The molecule has 2 aromatic rings. The first-order valence-corrected chi connectivity index (χ1v) is 9.90. The lowest BCUT2D eigenvalue weighted by molar-refractivity contribution is -0.133. The van der Waals surface area contributed by atoms with Crippen molar-refractivity contribution in [1.82, 2.24) is 19.2 Å². The second-order valence-electron chi connectivity index (χ2n) is 6.51. The Morgan fingerprint density at radius 2 is 1.80 bits per heavy atom. The van der Waals surface area contributed by atoms with E-state index >= 15 is 0 Å². The number of hydrogen-bond acceptors (Lipinski definition) is 5. The smallest absolute Gasteiger partial charge is 0.274 e. The van der Waals surface area contributed by atoms with Crippen LogP contribution in [0.3, 0.4) is 0 Å². The topological polar surface area (TPSA) is 92.1 Å². The summed E-state index contributed by atoms with van der Waals surface area (Å²) in [6.07, 6.45) is 3.45. The van der Waals surface area contributed by atoms with Crippen LogP contribution in [-0.2, 0) is 14.6 Å². The summed E-state index contributed by atoms with van der Waals surface area (Å²) in [5, 5.41) is 0. The molecular formula is C16H18N4O4S. The van der Waals surface area contributed by atoms with Gasteiger partial charge in [0.2, 0.25) is 5.91 Å². The number of carbonyl (C=O) groups excluding carboxylic acids is 2. The highest BCUT2D eigenvalue weighted by molar-refractivity contribution is 7.91. The van der Waals surface area contributed by atoms with E-state index in [1.807, 2.05) is 12.1 Å². The largest absolute Gasteiger partial charge is 0.335 e. The fourth-order valence-electron chi connectivity index (χ4n) is 3.78. The standard InChI is InChI=1S/C16H18N4O4S/c1-11(21)19-6-7-20(14-10-25(23,24)9-13(14)19)16(22)12-8-18-5-3-2-4-15(18)17-12/h2-5,8,13-14H,6-7,9-10H2,1H3/t13-,14+/m0/s1. The SMILES string of the molecule is CC(=O)N1CCN(C(=O)c2cn3ccccc3n2)[C@@H]2CS(=O)(=O)C[C@@H]21. The summed E-state index contributed by atoms with van der Waals surface area (Å²) in [6.45, 7) is 2.08. The minimum atomic E-state index is -3.28. The average molecular weight is 362 g/mol. The first kappa shape index (κ1) is 16.1. The molecule has 2 saturated heterocycles. The van der Waals surface area contributed by atoms with E-state index in [0.29, 0.717) is 18.7 Å². The van der Waals surface area contributed by atoms with E-state index in [2.05, 4.69) is 4.98 Å². The zero-order valence-electron chi connectivity index (χ0n) is 13.7. The Bertz CT molecular complexity index is 934. The molecule has 8 nitrogen and oxygen atoms in total. The van der Waals surface area contributed by atoms with E-state index in [9.17, 15) is 18.0 Å². The van der Waals surface area contributed by atoms with Crippen molar-refractivity contribution in [2.75, 3.05) is 24.6 Å². The van der Waals surface area contributed by atoms with E-state index in [0.717, 1.165) is 0 Å². The summed E-state index contributed by atoms with van der Waals surface area (Å²) in [6, 6.07) is 4.49. The van der Waals surface area contributed by atoms with E-state index in [1.165, 1.54) is 6.92 Å². The third kappa shape index (κ3) is 2.68. The minimum absolute atomic E-state index is 0.0911. The highest BCUT2D eigenvalue weighted by Gasteiger charge is 2.49. The third-order valence-corrected chi connectivity index (χ3v) is 6.62. The molecule has 0 N–H and O–H groups in total. The normalized spacial score (nSPS) is 25.2. The molecule has 0 spiro atoms. The van der Waals surface area contributed by atoms with Crippen molar-refractivity contribution in [2.24, 2.45) is 0 Å². The van der Waals surface area contributed by atoms with Crippen molar-refractivity contribution in [3.63, 3.8) is 0 Å². The molecule has 9 heteroatoms. The summed E-state index contributed by atoms with van der Waals surface area (Å²) in [4.78, 5) is 32.3. The summed E-state index contributed by atoms with van der Waals surface area (Å²) in [7, 11) is -3.28. The molecule has 0 aliphatic carbocycles. The molecule has 2 aromatic heterocycles. The molecule has 2 fully saturated rings. The van der Waals surface area contributed by atoms with Crippen LogP contribution in [0.2, 0.25) is 0 Å². The van der Waals surface area contributed by atoms with E-state index in [1.54, 1.807) is 32.7 Å². The van der Waals surface area contributed by atoms with Gasteiger partial charge in [0.25, 0.3) is 5.91 Å². The van der Waals surface area contributed by atoms with Gasteiger partial charge in [0, 0.05) is 32.4 Å². The quantitative estimate of drug-likeness (QED) is 0.701. The molecule has 0 radical (unpaired) electrons. The monoisotopic (exact) mass is 362 g/mol. The highest BCUT2D eigenvalue weighted by Crippen LogP contribution is 2.28. The summed E-state index contributed by atoms with van der Waals surface area (Å²) >= 11 is 0. The summed E-state index contributed by atoms with van der Waals surface area (Å²) in [5.41, 5.74) is 0.939. The molecule has 0 saturated carbocycles. The molecule has 132 valence electrons. The maximum absolute atomic E-state index is 13.0. The van der Waals surface area contributed by atoms with Gasteiger partial charge in [0.15, 0.2) is 9.84 Å². The van der Waals surface area contributed by atoms with Crippen LogP contribution in [0.15, 0.2) is 30.6 Å². The highest BCUT2D eigenvalue weighted by atomic mass is 32.2. The van der Waals surface area contributed by atoms with Gasteiger partial charge in [-0.1, -0.05) is 6.07 Å². The van der Waals surface area contributed by atoms with Gasteiger partial charge in [-0.15, -0.1) is 0 Å². The van der Waals surface area contributed by atoms with Crippen LogP contribution < -0.4 is 0 Å². The van der Waals surface area contributed by atoms with E-state index < -0.39 is 21.9 Å². The number of piperazine rings is 1. The summed E-state index contributed by atoms with van der Waals surface area (Å²) < 4.78 is 26.0. The van der Waals surface area contributed by atoms with Gasteiger partial charge in [-0.3, -0.25) is 9.59 Å². The van der Waals surface area contributed by atoms with Crippen molar-refractivity contribution in [2.45, 2.75) is 19.0 Å². The van der Waals surface area contributed by atoms with Gasteiger partial charge in [0.1, 0.15) is 11.3 Å². The Morgan fingerprint density at radius 3 is 2.48 bits per heavy atom. The number of hydrogen-bond donors (Lipinski definition) is 0. The number of fused-ring (bicyclic) bond motifs is 2. The Hall–Kier alpha value is -2.42. The number of imidazole rings is 1. The lowest BCUT2D eigenvalue weighted by Crippen LogP contribution is -2.61. The van der Waals surface area contributed by atoms with Crippen molar-refractivity contribution in [3.05, 3.63) is 36.3 Å². The van der Waals surface area contributed by atoms with Gasteiger partial charge in [-0.2, -0.15) is 0 Å². The number of sulfone groups is 1. The van der Waals surface area contributed by atoms with Gasteiger partial charge < -0.3 is 14.2 Å². The van der Waals surface area contributed by atoms with Crippen LogP contribution in [0.4, 0.5) is 0 Å². The fraction of sp³-hybridized carbons (Fsp3) is 0.438. The zero-order chi connectivity index (χ0) is 17.8. The minimum Gasteiger partial charge on any atom is -0.335 e. The van der Waals surface area contributed by atoms with E-state index in [-0.39, 0.29) is 29.0 Å². The molecule has 4 rings (SSSR count). The number of amides is 2. The number of rotatable bonds is 1. The number of carbonyl (C=O) groups is 2. The zero-order valence-corrected chi connectivity index (χ0v) is 14.5. The Kier molecular flexibility index (Phi) is 3.57. The van der Waals surface area contributed by atoms with Crippen LogP contribution >= 0.6 is 0 Å². The number of aromatic nitrogens is 2. The van der Waals surface area contributed by atoms with Gasteiger partial charge in [0.05, 0.1) is 23.6 Å². The van der Waals surface area contributed by atoms with Crippen molar-refractivity contribution >= 4 is 27.3 Å². The molecule has 0 unspecified atom stereocenters. The first-order chi connectivity index (χ1) is 11.9.